The van der Waals surface area contributed by atoms with E-state index in [1.165, 1.54) is 46.9 Å². The van der Waals surface area contributed by atoms with Crippen LogP contribution in [0.25, 0.3) is 51.4 Å². The number of nitrogens with zero attached hydrogens (tertiary/aromatic N) is 2. The lowest BCUT2D eigenvalue weighted by Crippen LogP contribution is -2.21. The summed E-state index contributed by atoms with van der Waals surface area (Å²) in [7, 11) is 0. The van der Waals surface area contributed by atoms with Crippen LogP contribution in [0.15, 0.2) is 60.7 Å². The van der Waals surface area contributed by atoms with Gasteiger partial charge in [0.05, 0.1) is 21.5 Å². The van der Waals surface area contributed by atoms with Crippen LogP contribution in [0.2, 0.25) is 0 Å². The number of benzene rings is 1. The molecule has 0 fully saturated rings. The molecule has 208 valence electrons. The van der Waals surface area contributed by atoms with Crippen molar-refractivity contribution >= 4 is 79.7 Å². The maximum Gasteiger partial charge on any atom is 0.455 e. The second-order valence-corrected chi connectivity index (χ2v) is 13.3. The molecular formula is C26H10F6N2O2S5. The van der Waals surface area contributed by atoms with Gasteiger partial charge in [-0.2, -0.15) is 35.1 Å². The Morgan fingerprint density at radius 2 is 0.829 bits per heavy atom. The zero-order valence-corrected chi connectivity index (χ0v) is 23.9. The summed E-state index contributed by atoms with van der Waals surface area (Å²) in [5, 5.41) is 0. The summed E-state index contributed by atoms with van der Waals surface area (Å²) in [5.74, 6) is -3.75. The third-order valence-electron chi connectivity index (χ3n) is 5.82. The number of alkyl halides is 6. The minimum Gasteiger partial charge on any atom is -0.283 e. The number of halogens is 6. The van der Waals surface area contributed by atoms with Crippen LogP contribution in [-0.4, -0.2) is 32.7 Å². The summed E-state index contributed by atoms with van der Waals surface area (Å²) in [6, 6.07) is 16.3. The monoisotopic (exact) mass is 656 g/mol. The van der Waals surface area contributed by atoms with Crippen molar-refractivity contribution in [2.24, 2.45) is 0 Å². The molecule has 0 saturated carbocycles. The molecular weight excluding hydrogens is 647 g/mol. The Morgan fingerprint density at radius 3 is 1.22 bits per heavy atom. The highest BCUT2D eigenvalue weighted by atomic mass is 32.1. The first-order valence-electron chi connectivity index (χ1n) is 11.3. The maximum atomic E-state index is 12.8. The molecule has 6 rings (SSSR count). The number of Topliss-reactive ketones (excluding diaryl/α,β-unsaturated/α-hetero) is 2. The van der Waals surface area contributed by atoms with E-state index in [1.54, 1.807) is 12.1 Å². The highest BCUT2D eigenvalue weighted by molar-refractivity contribution is 7.25. The maximum absolute atomic E-state index is 12.8. The summed E-state index contributed by atoms with van der Waals surface area (Å²) in [5.41, 5.74) is 2.82. The first-order chi connectivity index (χ1) is 19.4. The second kappa shape index (κ2) is 10.2. The molecule has 41 heavy (non-hydrogen) atoms. The SMILES string of the molecule is O=C(c1ccc(-c2ccc(-c3ccc(-c4ccc(-c5ccc(C(=O)C(F)(F)F)s5)s4)c4nsnc34)s2)s1)C(F)(F)F. The molecule has 0 aliphatic carbocycles. The third kappa shape index (κ3) is 5.28. The first kappa shape index (κ1) is 27.9. The Bertz CT molecular complexity index is 1800. The van der Waals surface area contributed by atoms with E-state index in [2.05, 4.69) is 8.75 Å². The minimum absolute atomic E-state index is 0.376. The Kier molecular flexibility index (Phi) is 6.97. The summed E-state index contributed by atoms with van der Waals surface area (Å²) < 4.78 is 85.7. The zero-order chi connectivity index (χ0) is 29.1. The van der Waals surface area contributed by atoms with E-state index in [1.807, 2.05) is 24.3 Å². The van der Waals surface area contributed by atoms with Gasteiger partial charge in [-0.1, -0.05) is 12.1 Å². The predicted molar refractivity (Wildman–Crippen MR) is 151 cm³/mol. The lowest BCUT2D eigenvalue weighted by Gasteiger charge is -2.03. The lowest BCUT2D eigenvalue weighted by atomic mass is 10.1. The number of thiophene rings is 4. The molecule has 0 spiro atoms. The van der Waals surface area contributed by atoms with E-state index >= 15 is 0 Å². The van der Waals surface area contributed by atoms with Gasteiger partial charge < -0.3 is 0 Å². The van der Waals surface area contributed by atoms with Gasteiger partial charge in [-0.25, -0.2) is 0 Å². The van der Waals surface area contributed by atoms with Crippen LogP contribution in [0.3, 0.4) is 0 Å². The zero-order valence-electron chi connectivity index (χ0n) is 19.8. The standard InChI is InChI=1S/C26H10F6N2O2S5/c27-25(28,29)23(35)19-9-7-17(39-19)15-5-3-13(37-15)11-1-2-12(22-21(11)33-41-34-22)14-4-6-16(38-14)18-8-10-20(40-18)24(36)26(30,31)32/h1-10H. The first-order valence-corrected chi connectivity index (χ1v) is 15.3. The van der Waals surface area contributed by atoms with Crippen LogP contribution >= 0.6 is 57.1 Å². The van der Waals surface area contributed by atoms with Crippen molar-refractivity contribution in [3.8, 4) is 40.4 Å². The van der Waals surface area contributed by atoms with E-state index in [0.717, 1.165) is 55.3 Å². The van der Waals surface area contributed by atoms with Gasteiger partial charge in [0.25, 0.3) is 11.6 Å². The topological polar surface area (TPSA) is 59.9 Å². The average molecular weight is 657 g/mol. The molecule has 0 aliphatic rings. The average Bonchev–Trinajstić information content (AvgIpc) is 3.74. The number of ketones is 2. The van der Waals surface area contributed by atoms with Gasteiger partial charge >= 0.3 is 12.4 Å². The number of carbonyl (C=O) groups excluding carboxylic acids is 2. The Balaban J connectivity index is 1.29. The van der Waals surface area contributed by atoms with Crippen molar-refractivity contribution in [2.45, 2.75) is 12.4 Å². The number of rotatable bonds is 6. The molecule has 5 heterocycles. The highest BCUT2D eigenvalue weighted by Gasteiger charge is 2.41. The fourth-order valence-electron chi connectivity index (χ4n) is 3.96. The van der Waals surface area contributed by atoms with Crippen molar-refractivity contribution in [3.63, 3.8) is 0 Å². The number of carbonyl (C=O) groups is 2. The number of aromatic nitrogens is 2. The van der Waals surface area contributed by atoms with Gasteiger partial charge in [-0.05, 0) is 48.5 Å². The molecule has 0 N–H and O–H groups in total. The van der Waals surface area contributed by atoms with E-state index in [9.17, 15) is 35.9 Å². The van der Waals surface area contributed by atoms with Crippen LogP contribution in [0.1, 0.15) is 19.3 Å². The van der Waals surface area contributed by atoms with Crippen molar-refractivity contribution in [2.75, 3.05) is 0 Å². The minimum atomic E-state index is -4.93. The fourth-order valence-corrected chi connectivity index (χ4v) is 8.71. The Hall–Kier alpha value is -3.24. The van der Waals surface area contributed by atoms with Crippen LogP contribution in [0, 0.1) is 0 Å². The number of hydrogen-bond donors (Lipinski definition) is 0. The Morgan fingerprint density at radius 1 is 0.488 bits per heavy atom. The molecule has 0 saturated heterocycles. The molecule has 15 heteroatoms. The van der Waals surface area contributed by atoms with Crippen LogP contribution in [0.4, 0.5) is 26.3 Å². The molecule has 0 amide bonds. The Labute approximate surface area is 246 Å². The van der Waals surface area contributed by atoms with Crippen LogP contribution in [-0.2, 0) is 0 Å². The molecule has 5 aromatic heterocycles. The summed E-state index contributed by atoms with van der Waals surface area (Å²) in [4.78, 5) is 26.5. The molecule has 0 aliphatic heterocycles. The quantitative estimate of drug-likeness (QED) is 0.132. The molecule has 0 atom stereocenters. The molecule has 0 radical (unpaired) electrons. The van der Waals surface area contributed by atoms with Gasteiger partial charge in [-0.3, -0.25) is 9.59 Å². The van der Waals surface area contributed by atoms with Crippen molar-refractivity contribution < 1.29 is 35.9 Å². The molecule has 4 nitrogen and oxygen atoms in total. The van der Waals surface area contributed by atoms with E-state index in [0.29, 0.717) is 30.5 Å². The molecule has 1 aromatic carbocycles. The van der Waals surface area contributed by atoms with Crippen molar-refractivity contribution in [1.82, 2.24) is 8.75 Å². The largest absolute Gasteiger partial charge is 0.455 e. The molecule has 0 unspecified atom stereocenters. The lowest BCUT2D eigenvalue weighted by molar-refractivity contribution is -0.0885. The third-order valence-corrected chi connectivity index (χ3v) is 11.1. The van der Waals surface area contributed by atoms with Crippen molar-refractivity contribution in [1.29, 1.82) is 0 Å². The van der Waals surface area contributed by atoms with E-state index in [-0.39, 0.29) is 9.75 Å². The molecule has 0 bridgehead atoms. The smallest absolute Gasteiger partial charge is 0.283 e. The summed E-state index contributed by atoms with van der Waals surface area (Å²) in [6.07, 6.45) is -9.87. The van der Waals surface area contributed by atoms with Gasteiger partial charge in [0.15, 0.2) is 0 Å². The summed E-state index contributed by atoms with van der Waals surface area (Å²) in [6.45, 7) is 0. The van der Waals surface area contributed by atoms with Gasteiger partial charge in [0.1, 0.15) is 11.0 Å². The number of fused-ring (bicyclic) bond motifs is 1. The van der Waals surface area contributed by atoms with E-state index in [4.69, 9.17) is 0 Å². The van der Waals surface area contributed by atoms with Crippen LogP contribution in [0.5, 0.6) is 0 Å². The molecule has 6 aromatic rings. The van der Waals surface area contributed by atoms with Gasteiger partial charge in [0.2, 0.25) is 0 Å². The second-order valence-electron chi connectivity index (χ2n) is 8.43. The summed E-state index contributed by atoms with van der Waals surface area (Å²) >= 11 is 5.28. The normalized spacial score (nSPS) is 12.3. The van der Waals surface area contributed by atoms with Gasteiger partial charge in [0, 0.05) is 40.4 Å². The fraction of sp³-hybridized carbons (Fsp3) is 0.0769. The van der Waals surface area contributed by atoms with E-state index < -0.39 is 23.9 Å². The van der Waals surface area contributed by atoms with Crippen LogP contribution < -0.4 is 0 Å². The number of hydrogen-bond acceptors (Lipinski definition) is 9. The predicted octanol–water partition coefficient (Wildman–Crippen LogP) is 10.1. The van der Waals surface area contributed by atoms with Crippen molar-refractivity contribution in [3.05, 3.63) is 70.4 Å². The van der Waals surface area contributed by atoms with Gasteiger partial charge in [-0.15, -0.1) is 45.3 Å². The highest BCUT2D eigenvalue weighted by Crippen LogP contribution is 2.44.